The Labute approximate surface area is 174 Å². The van der Waals surface area contributed by atoms with Crippen molar-refractivity contribution in [2.75, 3.05) is 39.3 Å². The molecule has 1 aliphatic carbocycles. The number of carbonyl (C=O) groups is 1. The van der Waals surface area contributed by atoms with Crippen LogP contribution in [0.5, 0.6) is 5.75 Å². The molecular formula is C23H34N4O2. The predicted octanol–water partition coefficient (Wildman–Crippen LogP) is 3.23. The number of hydrogen-bond donors (Lipinski definition) is 1. The van der Waals surface area contributed by atoms with Crippen molar-refractivity contribution in [2.24, 2.45) is 0 Å². The Balaban J connectivity index is 1.25. The van der Waals surface area contributed by atoms with Gasteiger partial charge in [-0.05, 0) is 56.9 Å². The van der Waals surface area contributed by atoms with E-state index in [-0.39, 0.29) is 12.0 Å². The number of nitrogens with one attached hydrogen (secondary N) is 1. The van der Waals surface area contributed by atoms with Crippen LogP contribution in [0, 0.1) is 5.41 Å². The monoisotopic (exact) mass is 398 g/mol. The summed E-state index contributed by atoms with van der Waals surface area (Å²) in [5.41, 5.74) is 0.716. The number of piperidine rings is 1. The summed E-state index contributed by atoms with van der Waals surface area (Å²) in [7, 11) is 0. The van der Waals surface area contributed by atoms with Crippen molar-refractivity contribution in [3.63, 3.8) is 0 Å². The number of benzene rings is 1. The molecule has 29 heavy (non-hydrogen) atoms. The summed E-state index contributed by atoms with van der Waals surface area (Å²) in [5, 5.41) is 7.72. The average Bonchev–Trinajstić information content (AvgIpc) is 3.29. The number of nitrogens with zero attached hydrogens (tertiary/aromatic N) is 3. The van der Waals surface area contributed by atoms with Gasteiger partial charge in [0.05, 0.1) is 5.84 Å². The van der Waals surface area contributed by atoms with Gasteiger partial charge in [0.25, 0.3) is 5.91 Å². The third-order valence-electron chi connectivity index (χ3n) is 6.76. The number of piperazine rings is 1. The maximum Gasteiger partial charge on any atom is 0.253 e. The zero-order chi connectivity index (χ0) is 20.2. The highest BCUT2D eigenvalue weighted by molar-refractivity contribution is 5.94. The van der Waals surface area contributed by atoms with Crippen LogP contribution in [0.1, 0.15) is 55.8 Å². The fraction of sp³-hybridized carbons (Fsp3) is 0.652. The third-order valence-corrected chi connectivity index (χ3v) is 6.76. The van der Waals surface area contributed by atoms with Crippen LogP contribution >= 0.6 is 0 Å². The Morgan fingerprint density at radius 1 is 0.897 bits per heavy atom. The molecule has 0 radical (unpaired) electrons. The van der Waals surface area contributed by atoms with E-state index < -0.39 is 0 Å². The second kappa shape index (κ2) is 9.16. The molecular weight excluding hydrogens is 364 g/mol. The minimum absolute atomic E-state index is 0.0729. The van der Waals surface area contributed by atoms with Gasteiger partial charge in [0.2, 0.25) is 0 Å². The van der Waals surface area contributed by atoms with E-state index in [0.717, 1.165) is 50.8 Å². The molecule has 0 aromatic heterocycles. The Morgan fingerprint density at radius 3 is 2.07 bits per heavy atom. The molecule has 0 unspecified atom stereocenters. The van der Waals surface area contributed by atoms with E-state index in [0.29, 0.717) is 24.5 Å². The van der Waals surface area contributed by atoms with Crippen LogP contribution in [-0.2, 0) is 0 Å². The van der Waals surface area contributed by atoms with E-state index in [9.17, 15) is 4.79 Å². The fourth-order valence-electron chi connectivity index (χ4n) is 4.92. The van der Waals surface area contributed by atoms with E-state index in [4.69, 9.17) is 10.1 Å². The Morgan fingerprint density at radius 2 is 1.48 bits per heavy atom. The first kappa shape index (κ1) is 20.2. The van der Waals surface area contributed by atoms with Crippen LogP contribution < -0.4 is 4.74 Å². The zero-order valence-corrected chi connectivity index (χ0v) is 17.6. The molecule has 6 nitrogen and oxygen atoms in total. The maximum atomic E-state index is 12.7. The molecule has 4 rings (SSSR count). The van der Waals surface area contributed by atoms with Crippen LogP contribution in [0.3, 0.4) is 0 Å². The summed E-state index contributed by atoms with van der Waals surface area (Å²) in [6.07, 6.45) is 8.00. The smallest absolute Gasteiger partial charge is 0.253 e. The standard InChI is InChI=1S/C23H34N4O2/c1-18(24)25-14-16-27(17-15-25)23(28)19-6-8-21(9-7-19)29-22-10-12-26(13-11-22)20-4-2-3-5-20/h6-9,20,22,24H,2-5,10-17H2,1H3. The first-order chi connectivity index (χ1) is 14.1. The lowest BCUT2D eigenvalue weighted by atomic mass is 10.0. The normalized spacial score (nSPS) is 22.1. The van der Waals surface area contributed by atoms with Crippen LogP contribution in [0.4, 0.5) is 0 Å². The lowest BCUT2D eigenvalue weighted by molar-refractivity contribution is 0.0690. The average molecular weight is 399 g/mol. The molecule has 1 N–H and O–H groups in total. The predicted molar refractivity (Wildman–Crippen MR) is 115 cm³/mol. The SMILES string of the molecule is CC(=N)N1CCN(C(=O)c2ccc(OC3CCN(C4CCCC4)CC3)cc2)CC1. The van der Waals surface area contributed by atoms with Crippen molar-refractivity contribution >= 4 is 11.7 Å². The van der Waals surface area contributed by atoms with Crippen LogP contribution in [0.25, 0.3) is 0 Å². The first-order valence-corrected chi connectivity index (χ1v) is 11.2. The van der Waals surface area contributed by atoms with Gasteiger partial charge in [0.15, 0.2) is 0 Å². The van der Waals surface area contributed by atoms with Crippen molar-refractivity contribution in [1.29, 1.82) is 5.41 Å². The van der Waals surface area contributed by atoms with Crippen molar-refractivity contribution in [3.8, 4) is 5.75 Å². The van der Waals surface area contributed by atoms with Gasteiger partial charge in [-0.25, -0.2) is 0 Å². The molecule has 0 spiro atoms. The van der Waals surface area contributed by atoms with Crippen LogP contribution in [0.15, 0.2) is 24.3 Å². The molecule has 3 aliphatic rings. The van der Waals surface area contributed by atoms with Crippen molar-refractivity contribution in [3.05, 3.63) is 29.8 Å². The number of ether oxygens (including phenoxy) is 1. The van der Waals surface area contributed by atoms with E-state index in [1.165, 1.54) is 25.7 Å². The number of amidine groups is 1. The molecule has 1 aromatic rings. The highest BCUT2D eigenvalue weighted by atomic mass is 16.5. The van der Waals surface area contributed by atoms with E-state index >= 15 is 0 Å². The summed E-state index contributed by atoms with van der Waals surface area (Å²) in [6.45, 7) is 6.92. The largest absolute Gasteiger partial charge is 0.490 e. The van der Waals surface area contributed by atoms with Gasteiger partial charge in [-0.3, -0.25) is 10.2 Å². The van der Waals surface area contributed by atoms with Gasteiger partial charge in [-0.15, -0.1) is 0 Å². The van der Waals surface area contributed by atoms with Crippen molar-refractivity contribution in [2.45, 2.75) is 57.6 Å². The lowest BCUT2D eigenvalue weighted by Gasteiger charge is -2.36. The fourth-order valence-corrected chi connectivity index (χ4v) is 4.92. The summed E-state index contributed by atoms with van der Waals surface area (Å²) in [6, 6.07) is 8.47. The molecule has 6 heteroatoms. The van der Waals surface area contributed by atoms with Crippen molar-refractivity contribution < 1.29 is 9.53 Å². The summed E-state index contributed by atoms with van der Waals surface area (Å²) < 4.78 is 6.21. The molecule has 2 saturated heterocycles. The summed E-state index contributed by atoms with van der Waals surface area (Å²) >= 11 is 0. The Kier molecular flexibility index (Phi) is 6.38. The molecule has 1 amide bonds. The number of hydrogen-bond acceptors (Lipinski definition) is 4. The van der Waals surface area contributed by atoms with Gasteiger partial charge in [0.1, 0.15) is 11.9 Å². The number of carbonyl (C=O) groups excluding carboxylic acids is 1. The number of likely N-dealkylation sites (tertiary alicyclic amines) is 1. The molecule has 1 saturated carbocycles. The molecule has 0 bridgehead atoms. The number of amides is 1. The minimum atomic E-state index is 0.0729. The third kappa shape index (κ3) is 4.92. The molecule has 1 aromatic carbocycles. The Bertz CT molecular complexity index is 698. The van der Waals surface area contributed by atoms with Crippen LogP contribution in [0.2, 0.25) is 0 Å². The zero-order valence-electron chi connectivity index (χ0n) is 17.6. The lowest BCUT2D eigenvalue weighted by Crippen LogP contribution is -2.49. The van der Waals surface area contributed by atoms with Crippen molar-refractivity contribution in [1.82, 2.24) is 14.7 Å². The highest BCUT2D eigenvalue weighted by Crippen LogP contribution is 2.27. The summed E-state index contributed by atoms with van der Waals surface area (Å²) in [5.74, 6) is 1.52. The van der Waals surface area contributed by atoms with E-state index in [1.807, 2.05) is 34.1 Å². The van der Waals surface area contributed by atoms with Gasteiger partial charge in [0, 0.05) is 50.9 Å². The molecule has 2 heterocycles. The number of rotatable bonds is 4. The second-order valence-corrected chi connectivity index (χ2v) is 8.68. The van der Waals surface area contributed by atoms with Gasteiger partial charge < -0.3 is 19.4 Å². The van der Waals surface area contributed by atoms with Gasteiger partial charge in [-0.2, -0.15) is 0 Å². The maximum absolute atomic E-state index is 12.7. The van der Waals surface area contributed by atoms with Crippen LogP contribution in [-0.4, -0.2) is 77.9 Å². The van der Waals surface area contributed by atoms with E-state index in [1.54, 1.807) is 6.92 Å². The van der Waals surface area contributed by atoms with Gasteiger partial charge >= 0.3 is 0 Å². The second-order valence-electron chi connectivity index (χ2n) is 8.68. The highest BCUT2D eigenvalue weighted by Gasteiger charge is 2.28. The molecule has 0 atom stereocenters. The Hall–Kier alpha value is -2.08. The summed E-state index contributed by atoms with van der Waals surface area (Å²) in [4.78, 5) is 19.3. The van der Waals surface area contributed by atoms with Gasteiger partial charge in [-0.1, -0.05) is 12.8 Å². The minimum Gasteiger partial charge on any atom is -0.490 e. The molecule has 2 aliphatic heterocycles. The molecule has 158 valence electrons. The first-order valence-electron chi connectivity index (χ1n) is 11.2. The quantitative estimate of drug-likeness (QED) is 0.625. The van der Waals surface area contributed by atoms with E-state index in [2.05, 4.69) is 4.90 Å². The molecule has 3 fully saturated rings. The topological polar surface area (TPSA) is 59.9 Å².